The average molecular weight is 291 g/mol. The summed E-state index contributed by atoms with van der Waals surface area (Å²) in [4.78, 5) is 0. The maximum absolute atomic E-state index is 14.1. The van der Waals surface area contributed by atoms with Gasteiger partial charge in [0.05, 0.1) is 0 Å². The number of halogens is 2. The van der Waals surface area contributed by atoms with E-state index in [4.69, 9.17) is 10.5 Å². The van der Waals surface area contributed by atoms with Gasteiger partial charge in [0.1, 0.15) is 11.6 Å². The SMILES string of the molecule is CCC(N)Cc1cccc(F)c1Oc1ccc(F)cc1C. The second kappa shape index (κ2) is 6.68. The highest BCUT2D eigenvalue weighted by Crippen LogP contribution is 2.31. The van der Waals surface area contributed by atoms with Crippen molar-refractivity contribution in [2.45, 2.75) is 32.7 Å². The van der Waals surface area contributed by atoms with E-state index in [2.05, 4.69) is 0 Å². The highest BCUT2D eigenvalue weighted by molar-refractivity contribution is 5.42. The van der Waals surface area contributed by atoms with Gasteiger partial charge in [-0.15, -0.1) is 0 Å². The molecule has 0 radical (unpaired) electrons. The number of aryl methyl sites for hydroxylation is 1. The molecule has 2 N–H and O–H groups in total. The molecular weight excluding hydrogens is 272 g/mol. The van der Waals surface area contributed by atoms with Crippen molar-refractivity contribution in [1.29, 1.82) is 0 Å². The predicted octanol–water partition coefficient (Wildman–Crippen LogP) is 4.35. The maximum atomic E-state index is 14.1. The van der Waals surface area contributed by atoms with E-state index >= 15 is 0 Å². The number of hydrogen-bond donors (Lipinski definition) is 1. The van der Waals surface area contributed by atoms with Gasteiger partial charge in [0.25, 0.3) is 0 Å². The van der Waals surface area contributed by atoms with Gasteiger partial charge in [-0.3, -0.25) is 0 Å². The normalized spacial score (nSPS) is 12.2. The smallest absolute Gasteiger partial charge is 0.166 e. The molecule has 0 saturated carbocycles. The highest BCUT2D eigenvalue weighted by atomic mass is 19.1. The third kappa shape index (κ3) is 3.79. The third-order valence-electron chi connectivity index (χ3n) is 3.40. The van der Waals surface area contributed by atoms with Crippen molar-refractivity contribution in [2.75, 3.05) is 0 Å². The Labute approximate surface area is 123 Å². The Morgan fingerprint density at radius 3 is 2.62 bits per heavy atom. The molecule has 2 aromatic carbocycles. The van der Waals surface area contributed by atoms with Crippen LogP contribution in [0.25, 0.3) is 0 Å². The summed E-state index contributed by atoms with van der Waals surface area (Å²) in [6.07, 6.45) is 1.33. The van der Waals surface area contributed by atoms with Gasteiger partial charge in [-0.2, -0.15) is 0 Å². The number of nitrogens with two attached hydrogens (primary N) is 1. The van der Waals surface area contributed by atoms with Gasteiger partial charge in [-0.1, -0.05) is 19.1 Å². The molecule has 1 unspecified atom stereocenters. The lowest BCUT2D eigenvalue weighted by Crippen LogP contribution is -2.21. The maximum Gasteiger partial charge on any atom is 0.166 e. The zero-order chi connectivity index (χ0) is 15.4. The van der Waals surface area contributed by atoms with Gasteiger partial charge >= 0.3 is 0 Å². The Hall–Kier alpha value is -1.94. The van der Waals surface area contributed by atoms with Crippen LogP contribution in [0, 0.1) is 18.6 Å². The van der Waals surface area contributed by atoms with Crippen LogP contribution < -0.4 is 10.5 Å². The standard InChI is InChI=1S/C17H19F2NO/c1-3-14(20)10-12-5-4-6-15(19)17(12)21-16-8-7-13(18)9-11(16)2/h4-9,14H,3,10,20H2,1-2H3. The van der Waals surface area contributed by atoms with Crippen molar-refractivity contribution >= 4 is 0 Å². The van der Waals surface area contributed by atoms with Gasteiger partial charge in [-0.05, 0) is 55.2 Å². The quantitative estimate of drug-likeness (QED) is 0.889. The number of ether oxygens (including phenoxy) is 1. The summed E-state index contributed by atoms with van der Waals surface area (Å²) in [6.45, 7) is 3.70. The first-order valence-corrected chi connectivity index (χ1v) is 6.98. The van der Waals surface area contributed by atoms with E-state index in [0.29, 0.717) is 23.3 Å². The molecule has 21 heavy (non-hydrogen) atoms. The van der Waals surface area contributed by atoms with Crippen molar-refractivity contribution in [3.63, 3.8) is 0 Å². The number of rotatable bonds is 5. The number of para-hydroxylation sites is 1. The fraction of sp³-hybridized carbons (Fsp3) is 0.294. The lowest BCUT2D eigenvalue weighted by atomic mass is 10.0. The van der Waals surface area contributed by atoms with E-state index in [0.717, 1.165) is 6.42 Å². The molecule has 0 aliphatic rings. The van der Waals surface area contributed by atoms with Crippen LogP contribution in [-0.2, 0) is 6.42 Å². The minimum Gasteiger partial charge on any atom is -0.454 e. The van der Waals surface area contributed by atoms with E-state index in [9.17, 15) is 8.78 Å². The summed E-state index contributed by atoms with van der Waals surface area (Å²) < 4.78 is 32.9. The van der Waals surface area contributed by atoms with Crippen LogP contribution in [0.5, 0.6) is 11.5 Å². The van der Waals surface area contributed by atoms with Crippen LogP contribution in [0.4, 0.5) is 8.78 Å². The lowest BCUT2D eigenvalue weighted by Gasteiger charge is -2.16. The van der Waals surface area contributed by atoms with Crippen LogP contribution >= 0.6 is 0 Å². The Morgan fingerprint density at radius 2 is 1.95 bits per heavy atom. The third-order valence-corrected chi connectivity index (χ3v) is 3.40. The minimum atomic E-state index is -0.445. The summed E-state index contributed by atoms with van der Waals surface area (Å²) in [6, 6.07) is 8.87. The van der Waals surface area contributed by atoms with Gasteiger partial charge in [0.2, 0.25) is 0 Å². The predicted molar refractivity (Wildman–Crippen MR) is 79.6 cm³/mol. The molecule has 0 fully saturated rings. The molecule has 0 aliphatic heterocycles. The van der Waals surface area contributed by atoms with Gasteiger partial charge in [0, 0.05) is 6.04 Å². The molecule has 0 spiro atoms. The molecule has 112 valence electrons. The van der Waals surface area contributed by atoms with Crippen molar-refractivity contribution in [3.05, 3.63) is 59.2 Å². The fourth-order valence-electron chi connectivity index (χ4n) is 2.09. The summed E-state index contributed by atoms with van der Waals surface area (Å²) in [5.74, 6) is -0.190. The molecule has 0 aromatic heterocycles. The summed E-state index contributed by atoms with van der Waals surface area (Å²) in [7, 11) is 0. The second-order valence-corrected chi connectivity index (χ2v) is 5.11. The molecule has 4 heteroatoms. The Kier molecular flexibility index (Phi) is 4.91. The lowest BCUT2D eigenvalue weighted by molar-refractivity contribution is 0.429. The minimum absolute atomic E-state index is 0.0523. The van der Waals surface area contributed by atoms with E-state index < -0.39 is 5.82 Å². The zero-order valence-electron chi connectivity index (χ0n) is 12.2. The number of hydrogen-bond acceptors (Lipinski definition) is 2. The molecule has 0 amide bonds. The first-order chi connectivity index (χ1) is 10.0. The molecule has 2 aromatic rings. The summed E-state index contributed by atoms with van der Waals surface area (Å²) in [5, 5.41) is 0. The van der Waals surface area contributed by atoms with Crippen molar-refractivity contribution in [3.8, 4) is 11.5 Å². The molecule has 2 rings (SSSR count). The first-order valence-electron chi connectivity index (χ1n) is 6.98. The van der Waals surface area contributed by atoms with Crippen LogP contribution in [0.15, 0.2) is 36.4 Å². The summed E-state index contributed by atoms with van der Waals surface area (Å²) in [5.41, 5.74) is 7.27. The topological polar surface area (TPSA) is 35.2 Å². The van der Waals surface area contributed by atoms with Crippen LogP contribution in [-0.4, -0.2) is 6.04 Å². The van der Waals surface area contributed by atoms with E-state index in [1.807, 2.05) is 6.92 Å². The zero-order valence-corrected chi connectivity index (χ0v) is 12.2. The molecule has 0 bridgehead atoms. The van der Waals surface area contributed by atoms with Gasteiger partial charge < -0.3 is 10.5 Å². The van der Waals surface area contributed by atoms with E-state index in [-0.39, 0.29) is 17.6 Å². The number of benzene rings is 2. The Bertz CT molecular complexity index is 628. The van der Waals surface area contributed by atoms with Gasteiger partial charge in [0.15, 0.2) is 11.6 Å². The molecule has 0 saturated heterocycles. The second-order valence-electron chi connectivity index (χ2n) is 5.11. The Balaban J connectivity index is 2.34. The van der Waals surface area contributed by atoms with Gasteiger partial charge in [-0.25, -0.2) is 8.78 Å². The van der Waals surface area contributed by atoms with Crippen molar-refractivity contribution in [2.24, 2.45) is 5.73 Å². The molecular formula is C17H19F2NO. The van der Waals surface area contributed by atoms with Crippen LogP contribution in [0.2, 0.25) is 0 Å². The van der Waals surface area contributed by atoms with Crippen LogP contribution in [0.1, 0.15) is 24.5 Å². The average Bonchev–Trinajstić information content (AvgIpc) is 2.44. The van der Waals surface area contributed by atoms with Crippen molar-refractivity contribution in [1.82, 2.24) is 0 Å². The highest BCUT2D eigenvalue weighted by Gasteiger charge is 2.14. The van der Waals surface area contributed by atoms with Crippen molar-refractivity contribution < 1.29 is 13.5 Å². The largest absolute Gasteiger partial charge is 0.454 e. The van der Waals surface area contributed by atoms with Crippen LogP contribution in [0.3, 0.4) is 0 Å². The summed E-state index contributed by atoms with van der Waals surface area (Å²) >= 11 is 0. The molecule has 0 aliphatic carbocycles. The molecule has 0 heterocycles. The van der Waals surface area contributed by atoms with E-state index in [1.54, 1.807) is 19.1 Å². The fourth-order valence-corrected chi connectivity index (χ4v) is 2.09. The Morgan fingerprint density at radius 1 is 1.19 bits per heavy atom. The molecule has 1 atom stereocenters. The molecule has 2 nitrogen and oxygen atoms in total. The first kappa shape index (κ1) is 15.4. The monoisotopic (exact) mass is 291 g/mol. The van der Waals surface area contributed by atoms with E-state index in [1.165, 1.54) is 24.3 Å².